The molecule has 1 rings (SSSR count). The van der Waals surface area contributed by atoms with Gasteiger partial charge in [0.05, 0.1) is 5.56 Å². The highest BCUT2D eigenvalue weighted by atomic mass is 16.3. The average Bonchev–Trinajstić information content (AvgIpc) is 2.12. The molecule has 0 atom stereocenters. The molecule has 0 amide bonds. The van der Waals surface area contributed by atoms with E-state index in [1.165, 1.54) is 12.1 Å². The molecule has 0 spiro atoms. The second kappa shape index (κ2) is 3.63. The first-order valence-corrected chi connectivity index (χ1v) is 3.75. The van der Waals surface area contributed by atoms with Crippen LogP contribution >= 0.6 is 0 Å². The van der Waals surface area contributed by atoms with Crippen molar-refractivity contribution in [2.45, 2.75) is 6.42 Å². The Morgan fingerprint density at radius 1 is 1.46 bits per heavy atom. The molecule has 0 aliphatic heterocycles. The van der Waals surface area contributed by atoms with Crippen molar-refractivity contribution >= 4 is 0 Å². The molecule has 0 saturated carbocycles. The first kappa shape index (κ1) is 9.14. The third-order valence-corrected chi connectivity index (χ3v) is 1.73. The van der Waals surface area contributed by atoms with Gasteiger partial charge in [0.15, 0.2) is 0 Å². The zero-order valence-electron chi connectivity index (χ0n) is 6.99. The SMILES string of the molecule is C=CCc1c(O)ccc(C#N)c1O. The fourth-order valence-corrected chi connectivity index (χ4v) is 1.06. The third kappa shape index (κ3) is 1.62. The minimum Gasteiger partial charge on any atom is -0.508 e. The predicted octanol–water partition coefficient (Wildman–Crippen LogP) is 1.70. The van der Waals surface area contributed by atoms with Gasteiger partial charge in [0.1, 0.15) is 17.6 Å². The number of aromatic hydroxyl groups is 2. The molecule has 0 aromatic heterocycles. The summed E-state index contributed by atoms with van der Waals surface area (Å²) in [6.07, 6.45) is 1.89. The van der Waals surface area contributed by atoms with Crippen LogP contribution in [0.5, 0.6) is 11.5 Å². The summed E-state index contributed by atoms with van der Waals surface area (Å²) in [5.74, 6) is -0.182. The van der Waals surface area contributed by atoms with E-state index >= 15 is 0 Å². The van der Waals surface area contributed by atoms with Crippen LogP contribution in [0, 0.1) is 11.3 Å². The molecule has 66 valence electrons. The molecule has 0 aliphatic carbocycles. The zero-order valence-corrected chi connectivity index (χ0v) is 6.99. The number of phenols is 2. The summed E-state index contributed by atoms with van der Waals surface area (Å²) in [4.78, 5) is 0. The quantitative estimate of drug-likeness (QED) is 0.672. The third-order valence-electron chi connectivity index (χ3n) is 1.73. The van der Waals surface area contributed by atoms with Crippen molar-refractivity contribution in [2.75, 3.05) is 0 Å². The summed E-state index contributed by atoms with van der Waals surface area (Å²) in [7, 11) is 0. The van der Waals surface area contributed by atoms with Crippen LogP contribution in [-0.4, -0.2) is 10.2 Å². The maximum atomic E-state index is 9.47. The number of nitriles is 1. The van der Waals surface area contributed by atoms with E-state index in [1.54, 1.807) is 6.08 Å². The van der Waals surface area contributed by atoms with E-state index in [2.05, 4.69) is 6.58 Å². The van der Waals surface area contributed by atoms with Gasteiger partial charge >= 0.3 is 0 Å². The fraction of sp³-hybridized carbons (Fsp3) is 0.100. The van der Waals surface area contributed by atoms with Crippen LogP contribution in [0.2, 0.25) is 0 Å². The molecule has 0 bridgehead atoms. The van der Waals surface area contributed by atoms with Crippen molar-refractivity contribution in [1.29, 1.82) is 5.26 Å². The van der Waals surface area contributed by atoms with Crippen LogP contribution in [0.15, 0.2) is 24.8 Å². The van der Waals surface area contributed by atoms with Gasteiger partial charge in [-0.15, -0.1) is 6.58 Å². The summed E-state index contributed by atoms with van der Waals surface area (Å²) < 4.78 is 0. The van der Waals surface area contributed by atoms with Crippen molar-refractivity contribution in [2.24, 2.45) is 0 Å². The van der Waals surface area contributed by atoms with Crippen molar-refractivity contribution in [3.05, 3.63) is 35.9 Å². The lowest BCUT2D eigenvalue weighted by molar-refractivity contribution is 0.440. The number of benzene rings is 1. The van der Waals surface area contributed by atoms with Gasteiger partial charge in [-0.2, -0.15) is 5.26 Å². The summed E-state index contributed by atoms with van der Waals surface area (Å²) in [6.45, 7) is 3.49. The van der Waals surface area contributed by atoms with Gasteiger partial charge in [0.25, 0.3) is 0 Å². The number of hydrogen-bond acceptors (Lipinski definition) is 3. The van der Waals surface area contributed by atoms with Crippen molar-refractivity contribution < 1.29 is 10.2 Å². The van der Waals surface area contributed by atoms with Crippen LogP contribution in [0.1, 0.15) is 11.1 Å². The molecular weight excluding hydrogens is 166 g/mol. The summed E-state index contributed by atoms with van der Waals surface area (Å²) in [5.41, 5.74) is 0.503. The molecule has 3 nitrogen and oxygen atoms in total. The highest BCUT2D eigenvalue weighted by Crippen LogP contribution is 2.30. The molecule has 3 heteroatoms. The van der Waals surface area contributed by atoms with Crippen LogP contribution in [0.25, 0.3) is 0 Å². The second-order valence-electron chi connectivity index (χ2n) is 2.56. The first-order chi connectivity index (χ1) is 6.20. The van der Waals surface area contributed by atoms with Gasteiger partial charge in [-0.25, -0.2) is 0 Å². The van der Waals surface area contributed by atoms with Gasteiger partial charge in [-0.1, -0.05) is 6.08 Å². The summed E-state index contributed by atoms with van der Waals surface area (Å²) >= 11 is 0. The largest absolute Gasteiger partial charge is 0.508 e. The Kier molecular flexibility index (Phi) is 2.56. The van der Waals surface area contributed by atoms with Crippen LogP contribution in [-0.2, 0) is 6.42 Å². The lowest BCUT2D eigenvalue weighted by Crippen LogP contribution is -1.87. The Morgan fingerprint density at radius 2 is 2.15 bits per heavy atom. The number of rotatable bonds is 2. The zero-order chi connectivity index (χ0) is 9.84. The normalized spacial score (nSPS) is 9.15. The maximum absolute atomic E-state index is 9.47. The summed E-state index contributed by atoms with van der Waals surface area (Å²) in [6, 6.07) is 4.58. The van der Waals surface area contributed by atoms with Gasteiger partial charge in [-0.05, 0) is 18.6 Å². The molecular formula is C10H9NO2. The van der Waals surface area contributed by atoms with E-state index in [0.717, 1.165) is 0 Å². The average molecular weight is 175 g/mol. The van der Waals surface area contributed by atoms with Crippen LogP contribution in [0.4, 0.5) is 0 Å². The molecule has 13 heavy (non-hydrogen) atoms. The molecule has 0 saturated heterocycles. The van der Waals surface area contributed by atoms with Crippen LogP contribution < -0.4 is 0 Å². The van der Waals surface area contributed by atoms with Gasteiger partial charge in [0, 0.05) is 5.56 Å². The topological polar surface area (TPSA) is 64.2 Å². The highest BCUT2D eigenvalue weighted by Gasteiger charge is 2.09. The first-order valence-electron chi connectivity index (χ1n) is 3.75. The number of allylic oxidation sites excluding steroid dienone is 1. The summed E-state index contributed by atoms with van der Waals surface area (Å²) in [5, 5.41) is 27.4. The Morgan fingerprint density at radius 3 is 2.69 bits per heavy atom. The molecule has 0 aliphatic rings. The Balaban J connectivity index is 3.31. The Bertz CT molecular complexity index is 377. The molecule has 1 aromatic carbocycles. The number of nitrogens with zero attached hydrogens (tertiary/aromatic N) is 1. The fourth-order valence-electron chi connectivity index (χ4n) is 1.06. The van der Waals surface area contributed by atoms with Gasteiger partial charge in [0.2, 0.25) is 0 Å². The van der Waals surface area contributed by atoms with Crippen LogP contribution in [0.3, 0.4) is 0 Å². The smallest absolute Gasteiger partial charge is 0.140 e. The predicted molar refractivity (Wildman–Crippen MR) is 48.4 cm³/mol. The second-order valence-corrected chi connectivity index (χ2v) is 2.56. The molecule has 1 aromatic rings. The molecule has 0 fully saturated rings. The minimum atomic E-state index is -0.164. The molecule has 0 radical (unpaired) electrons. The Hall–Kier alpha value is -1.95. The van der Waals surface area contributed by atoms with Gasteiger partial charge in [-0.3, -0.25) is 0 Å². The lowest BCUT2D eigenvalue weighted by Gasteiger charge is -2.05. The van der Waals surface area contributed by atoms with E-state index in [1.807, 2.05) is 6.07 Å². The van der Waals surface area contributed by atoms with E-state index in [9.17, 15) is 10.2 Å². The van der Waals surface area contributed by atoms with E-state index in [4.69, 9.17) is 5.26 Å². The lowest BCUT2D eigenvalue weighted by atomic mass is 10.1. The standard InChI is InChI=1S/C10H9NO2/c1-2-3-8-9(12)5-4-7(6-11)10(8)13/h2,4-5,12-13H,1,3H2. The number of phenolic OH excluding ortho intramolecular Hbond substituents is 2. The highest BCUT2D eigenvalue weighted by molar-refractivity contribution is 5.53. The van der Waals surface area contributed by atoms with Crippen molar-refractivity contribution in [3.63, 3.8) is 0 Å². The molecule has 0 heterocycles. The minimum absolute atomic E-state index is 0.0172. The van der Waals surface area contributed by atoms with E-state index < -0.39 is 0 Å². The number of hydrogen-bond donors (Lipinski definition) is 2. The molecule has 2 N–H and O–H groups in total. The van der Waals surface area contributed by atoms with Crippen molar-refractivity contribution in [3.8, 4) is 17.6 Å². The maximum Gasteiger partial charge on any atom is 0.140 e. The van der Waals surface area contributed by atoms with E-state index in [0.29, 0.717) is 12.0 Å². The van der Waals surface area contributed by atoms with E-state index in [-0.39, 0.29) is 17.1 Å². The monoisotopic (exact) mass is 175 g/mol. The van der Waals surface area contributed by atoms with Gasteiger partial charge < -0.3 is 10.2 Å². The Labute approximate surface area is 76.2 Å². The van der Waals surface area contributed by atoms with Crippen molar-refractivity contribution in [1.82, 2.24) is 0 Å². The molecule has 0 unspecified atom stereocenters.